The van der Waals surface area contributed by atoms with Gasteiger partial charge in [0, 0.05) is 5.92 Å². The fraction of sp³-hybridized carbons (Fsp3) is 0.417. The maximum atomic E-state index is 11.6. The van der Waals surface area contributed by atoms with Crippen LogP contribution in [0.5, 0.6) is 0 Å². The zero-order chi connectivity index (χ0) is 10.8. The van der Waals surface area contributed by atoms with Crippen molar-refractivity contribution in [3.63, 3.8) is 0 Å². The van der Waals surface area contributed by atoms with E-state index in [0.29, 0.717) is 6.61 Å². The predicted molar refractivity (Wildman–Crippen MR) is 57.5 cm³/mol. The van der Waals surface area contributed by atoms with E-state index in [1.54, 1.807) is 7.05 Å². The van der Waals surface area contributed by atoms with E-state index in [9.17, 15) is 4.79 Å². The van der Waals surface area contributed by atoms with Crippen molar-refractivity contribution in [2.75, 3.05) is 7.05 Å². The quantitative estimate of drug-likeness (QED) is 0.705. The van der Waals surface area contributed by atoms with Crippen LogP contribution >= 0.6 is 0 Å². The topological polar surface area (TPSA) is 38.3 Å². The maximum absolute atomic E-state index is 11.6. The molecule has 0 spiro atoms. The SMILES string of the molecule is CNC1C(=O)OCc2ccccc2C1C. The second-order valence-electron chi connectivity index (χ2n) is 3.86. The molecule has 1 aliphatic heterocycles. The van der Waals surface area contributed by atoms with Crippen molar-refractivity contribution in [1.29, 1.82) is 0 Å². The lowest BCUT2D eigenvalue weighted by molar-refractivity contribution is -0.147. The summed E-state index contributed by atoms with van der Waals surface area (Å²) < 4.78 is 5.20. The van der Waals surface area contributed by atoms with Crippen LogP contribution in [-0.2, 0) is 16.1 Å². The van der Waals surface area contributed by atoms with Crippen LogP contribution in [0.15, 0.2) is 24.3 Å². The molecule has 2 atom stereocenters. The van der Waals surface area contributed by atoms with Gasteiger partial charge in [-0.15, -0.1) is 0 Å². The van der Waals surface area contributed by atoms with Crippen LogP contribution in [0.1, 0.15) is 24.0 Å². The van der Waals surface area contributed by atoms with Gasteiger partial charge in [-0.3, -0.25) is 4.79 Å². The van der Waals surface area contributed by atoms with Gasteiger partial charge in [0.25, 0.3) is 0 Å². The lowest BCUT2D eigenvalue weighted by Crippen LogP contribution is -2.38. The van der Waals surface area contributed by atoms with E-state index in [4.69, 9.17) is 4.74 Å². The van der Waals surface area contributed by atoms with E-state index in [1.165, 1.54) is 5.56 Å². The summed E-state index contributed by atoms with van der Waals surface area (Å²) in [6, 6.07) is 7.80. The van der Waals surface area contributed by atoms with Gasteiger partial charge in [-0.25, -0.2) is 0 Å². The van der Waals surface area contributed by atoms with Gasteiger partial charge in [0.15, 0.2) is 0 Å². The lowest BCUT2D eigenvalue weighted by atomic mass is 9.91. The lowest BCUT2D eigenvalue weighted by Gasteiger charge is -2.19. The summed E-state index contributed by atoms with van der Waals surface area (Å²) in [5.74, 6) is -0.0117. The predicted octanol–water partition coefficient (Wildman–Crippen LogP) is 1.43. The number of fused-ring (bicyclic) bond motifs is 1. The average Bonchev–Trinajstić information content (AvgIpc) is 2.38. The minimum atomic E-state index is -0.242. The Morgan fingerprint density at radius 3 is 2.87 bits per heavy atom. The van der Waals surface area contributed by atoms with Crippen LogP contribution in [0.25, 0.3) is 0 Å². The highest BCUT2D eigenvalue weighted by Crippen LogP contribution is 2.27. The zero-order valence-electron chi connectivity index (χ0n) is 8.99. The highest BCUT2D eigenvalue weighted by Gasteiger charge is 2.30. The molecule has 1 N–H and O–H groups in total. The van der Waals surface area contributed by atoms with Crippen molar-refractivity contribution in [2.45, 2.75) is 25.5 Å². The number of hydrogen-bond donors (Lipinski definition) is 1. The second-order valence-corrected chi connectivity index (χ2v) is 3.86. The van der Waals surface area contributed by atoms with Gasteiger partial charge < -0.3 is 10.1 Å². The Morgan fingerprint density at radius 1 is 1.40 bits per heavy atom. The van der Waals surface area contributed by atoms with Crippen molar-refractivity contribution in [1.82, 2.24) is 5.32 Å². The molecule has 1 aromatic carbocycles. The van der Waals surface area contributed by atoms with Gasteiger partial charge in [0.05, 0.1) is 0 Å². The van der Waals surface area contributed by atoms with Gasteiger partial charge in [-0.2, -0.15) is 0 Å². The Hall–Kier alpha value is -1.35. The fourth-order valence-corrected chi connectivity index (χ4v) is 2.10. The molecule has 1 aliphatic rings. The summed E-state index contributed by atoms with van der Waals surface area (Å²) in [5, 5.41) is 3.01. The normalized spacial score (nSPS) is 25.3. The summed E-state index contributed by atoms with van der Waals surface area (Å²) in [6.45, 7) is 2.43. The third-order valence-electron chi connectivity index (χ3n) is 2.98. The number of rotatable bonds is 1. The molecule has 0 amide bonds. The first kappa shape index (κ1) is 10.2. The van der Waals surface area contributed by atoms with Gasteiger partial charge in [0.1, 0.15) is 12.6 Å². The molecule has 15 heavy (non-hydrogen) atoms. The number of hydrogen-bond acceptors (Lipinski definition) is 3. The first-order valence-corrected chi connectivity index (χ1v) is 5.15. The van der Waals surface area contributed by atoms with Crippen LogP contribution in [0.3, 0.4) is 0 Å². The second kappa shape index (κ2) is 4.03. The highest BCUT2D eigenvalue weighted by atomic mass is 16.5. The smallest absolute Gasteiger partial charge is 0.324 e. The molecule has 0 aliphatic carbocycles. The molecule has 2 unspecified atom stereocenters. The Labute approximate surface area is 89.4 Å². The molecular weight excluding hydrogens is 190 g/mol. The standard InChI is InChI=1S/C12H15NO2/c1-8-10-6-4-3-5-9(10)7-15-12(14)11(8)13-2/h3-6,8,11,13H,7H2,1-2H3. The summed E-state index contributed by atoms with van der Waals surface area (Å²) in [4.78, 5) is 11.6. The third kappa shape index (κ3) is 1.75. The molecule has 80 valence electrons. The van der Waals surface area contributed by atoms with Crippen LogP contribution in [0.2, 0.25) is 0 Å². The largest absolute Gasteiger partial charge is 0.460 e. The van der Waals surface area contributed by atoms with Gasteiger partial charge >= 0.3 is 5.97 Å². The Balaban J connectivity index is 2.42. The highest BCUT2D eigenvalue weighted by molar-refractivity contribution is 5.78. The number of ether oxygens (including phenoxy) is 1. The molecule has 1 heterocycles. The molecule has 0 saturated heterocycles. The molecule has 3 heteroatoms. The van der Waals surface area contributed by atoms with Crippen LogP contribution < -0.4 is 5.32 Å². The summed E-state index contributed by atoms with van der Waals surface area (Å²) in [7, 11) is 1.79. The first-order valence-electron chi connectivity index (χ1n) is 5.15. The molecule has 0 bridgehead atoms. The molecule has 3 nitrogen and oxygen atoms in total. The zero-order valence-corrected chi connectivity index (χ0v) is 8.99. The molecule has 0 radical (unpaired) electrons. The number of cyclic esters (lactones) is 1. The van der Waals surface area contributed by atoms with E-state index in [0.717, 1.165) is 5.56 Å². The van der Waals surface area contributed by atoms with E-state index >= 15 is 0 Å². The van der Waals surface area contributed by atoms with Crippen molar-refractivity contribution in [2.24, 2.45) is 0 Å². The minimum absolute atomic E-state index is 0.154. The molecule has 2 rings (SSSR count). The number of carbonyl (C=O) groups is 1. The van der Waals surface area contributed by atoms with Gasteiger partial charge in [0.2, 0.25) is 0 Å². The molecule has 1 aromatic rings. The summed E-state index contributed by atoms with van der Waals surface area (Å²) in [6.07, 6.45) is 0. The van der Waals surface area contributed by atoms with Gasteiger partial charge in [-0.05, 0) is 18.2 Å². The molecule has 0 saturated carbocycles. The van der Waals surface area contributed by atoms with Crippen LogP contribution in [-0.4, -0.2) is 19.1 Å². The Bertz CT molecular complexity index is 376. The number of benzene rings is 1. The van der Waals surface area contributed by atoms with Crippen molar-refractivity contribution >= 4 is 5.97 Å². The monoisotopic (exact) mass is 205 g/mol. The van der Waals surface area contributed by atoms with E-state index in [1.807, 2.05) is 25.1 Å². The summed E-state index contributed by atoms with van der Waals surface area (Å²) in [5.41, 5.74) is 2.30. The van der Waals surface area contributed by atoms with Crippen molar-refractivity contribution in [3.8, 4) is 0 Å². The Morgan fingerprint density at radius 2 is 2.13 bits per heavy atom. The van der Waals surface area contributed by atoms with E-state index < -0.39 is 0 Å². The maximum Gasteiger partial charge on any atom is 0.324 e. The molecule has 0 fully saturated rings. The van der Waals surface area contributed by atoms with Crippen molar-refractivity contribution < 1.29 is 9.53 Å². The van der Waals surface area contributed by atoms with E-state index in [2.05, 4.69) is 11.4 Å². The first-order chi connectivity index (χ1) is 7.24. The number of carbonyl (C=O) groups excluding carboxylic acids is 1. The third-order valence-corrected chi connectivity index (χ3v) is 2.98. The van der Waals surface area contributed by atoms with Crippen LogP contribution in [0.4, 0.5) is 0 Å². The number of esters is 1. The Kier molecular flexibility index (Phi) is 2.73. The van der Waals surface area contributed by atoms with Crippen molar-refractivity contribution in [3.05, 3.63) is 35.4 Å². The fourth-order valence-electron chi connectivity index (χ4n) is 2.10. The number of nitrogens with one attached hydrogen (secondary N) is 1. The minimum Gasteiger partial charge on any atom is -0.460 e. The van der Waals surface area contributed by atoms with E-state index in [-0.39, 0.29) is 17.9 Å². The summed E-state index contributed by atoms with van der Waals surface area (Å²) >= 11 is 0. The molecule has 0 aromatic heterocycles. The van der Waals surface area contributed by atoms with Gasteiger partial charge in [-0.1, -0.05) is 31.2 Å². The molecular formula is C12H15NO2. The average molecular weight is 205 g/mol. The number of likely N-dealkylation sites (N-methyl/N-ethyl adjacent to an activating group) is 1. The van der Waals surface area contributed by atoms with Crippen LogP contribution in [0, 0.1) is 0 Å².